The topological polar surface area (TPSA) is 60.8 Å². The van der Waals surface area contributed by atoms with Crippen LogP contribution in [-0.2, 0) is 0 Å². The minimum Gasteiger partial charge on any atom is -0.396 e. The fourth-order valence-electron chi connectivity index (χ4n) is 2.35. The summed E-state index contributed by atoms with van der Waals surface area (Å²) < 4.78 is 13.4. The second-order valence-corrected chi connectivity index (χ2v) is 5.05. The van der Waals surface area contributed by atoms with Crippen LogP contribution in [0, 0.1) is 23.6 Å². The number of aliphatic hydroxyl groups excluding tert-OH is 2. The number of hydrogen-bond acceptors (Lipinski definition) is 3. The van der Waals surface area contributed by atoms with E-state index in [1.807, 2.05) is 0 Å². The summed E-state index contributed by atoms with van der Waals surface area (Å²) in [7, 11) is 0. The van der Waals surface area contributed by atoms with Crippen LogP contribution in [0.5, 0.6) is 0 Å². The van der Waals surface area contributed by atoms with Crippen LogP contribution in [-0.4, -0.2) is 47.3 Å². The van der Waals surface area contributed by atoms with Crippen molar-refractivity contribution >= 4 is 5.91 Å². The fourth-order valence-corrected chi connectivity index (χ4v) is 2.35. The van der Waals surface area contributed by atoms with Crippen LogP contribution in [0.1, 0.15) is 28.8 Å². The third kappa shape index (κ3) is 3.81. The highest BCUT2D eigenvalue weighted by Gasteiger charge is 2.27. The van der Waals surface area contributed by atoms with Crippen LogP contribution < -0.4 is 0 Å². The molecule has 1 amide bonds. The molecule has 1 atom stereocenters. The maximum atomic E-state index is 13.4. The van der Waals surface area contributed by atoms with Crippen molar-refractivity contribution < 1.29 is 19.4 Å². The monoisotopic (exact) mass is 291 g/mol. The number of aliphatic hydroxyl groups is 2. The van der Waals surface area contributed by atoms with Gasteiger partial charge in [-0.15, -0.1) is 0 Å². The lowest BCUT2D eigenvalue weighted by molar-refractivity contribution is 0.0781. The van der Waals surface area contributed by atoms with Crippen LogP contribution >= 0.6 is 0 Å². The van der Waals surface area contributed by atoms with E-state index < -0.39 is 5.82 Å². The first-order valence-corrected chi connectivity index (χ1v) is 6.95. The Morgan fingerprint density at radius 3 is 2.90 bits per heavy atom. The Labute approximate surface area is 123 Å². The van der Waals surface area contributed by atoms with E-state index in [1.165, 1.54) is 18.2 Å². The summed E-state index contributed by atoms with van der Waals surface area (Å²) in [6, 6.07) is 3.93. The summed E-state index contributed by atoms with van der Waals surface area (Å²) in [5, 5.41) is 17.9. The number of carbonyl (C=O) groups excluding carboxylic acids is 1. The average molecular weight is 291 g/mol. The number of amides is 1. The number of halogens is 1. The molecule has 0 radical (unpaired) electrons. The van der Waals surface area contributed by atoms with Gasteiger partial charge in [-0.2, -0.15) is 0 Å². The van der Waals surface area contributed by atoms with Crippen molar-refractivity contribution in [3.05, 3.63) is 35.1 Å². The first-order valence-electron chi connectivity index (χ1n) is 6.95. The third-order valence-electron chi connectivity index (χ3n) is 3.50. The number of nitrogens with zero attached hydrogens (tertiary/aromatic N) is 1. The highest BCUT2D eigenvalue weighted by molar-refractivity contribution is 5.97. The van der Waals surface area contributed by atoms with Crippen molar-refractivity contribution in [2.24, 2.45) is 5.92 Å². The lowest BCUT2D eigenvalue weighted by Gasteiger charge is -2.17. The molecule has 112 valence electrons. The Kier molecular flexibility index (Phi) is 5.32. The molecular formula is C16H18FNO3. The van der Waals surface area contributed by atoms with E-state index in [9.17, 15) is 9.18 Å². The first-order chi connectivity index (χ1) is 10.2. The van der Waals surface area contributed by atoms with Crippen LogP contribution in [0.2, 0.25) is 0 Å². The molecule has 1 fully saturated rings. The standard InChI is InChI=1S/C16H18FNO3/c17-14-5-4-13(3-1-2-8-19)15(9-14)16(21)18-7-6-12(10-18)11-20/h4-5,9,12,19-20H,2,6-8,10-11H2. The Balaban J connectivity index is 2.23. The SMILES string of the molecule is O=C(c1cc(F)ccc1C#CCCO)N1CCC(CO)C1. The van der Waals surface area contributed by atoms with Gasteiger partial charge in [-0.1, -0.05) is 11.8 Å². The molecule has 21 heavy (non-hydrogen) atoms. The number of rotatable bonds is 3. The lowest BCUT2D eigenvalue weighted by Crippen LogP contribution is -2.29. The minimum atomic E-state index is -0.482. The molecule has 1 aliphatic heterocycles. The van der Waals surface area contributed by atoms with E-state index in [0.717, 1.165) is 6.42 Å². The van der Waals surface area contributed by atoms with Crippen LogP contribution in [0.25, 0.3) is 0 Å². The van der Waals surface area contributed by atoms with Crippen molar-refractivity contribution in [3.63, 3.8) is 0 Å². The maximum absolute atomic E-state index is 13.4. The number of likely N-dealkylation sites (tertiary alicyclic amines) is 1. The van der Waals surface area contributed by atoms with Gasteiger partial charge < -0.3 is 15.1 Å². The Hall–Kier alpha value is -1.90. The summed E-state index contributed by atoms with van der Waals surface area (Å²) in [5.74, 6) is 4.88. The van der Waals surface area contributed by atoms with Gasteiger partial charge >= 0.3 is 0 Å². The maximum Gasteiger partial charge on any atom is 0.255 e. The van der Waals surface area contributed by atoms with E-state index in [0.29, 0.717) is 25.1 Å². The molecule has 0 saturated carbocycles. The van der Waals surface area contributed by atoms with Gasteiger partial charge in [-0.25, -0.2) is 4.39 Å². The predicted octanol–water partition coefficient (Wildman–Crippen LogP) is 1.01. The van der Waals surface area contributed by atoms with E-state index >= 15 is 0 Å². The van der Waals surface area contributed by atoms with Gasteiger partial charge in [0.2, 0.25) is 0 Å². The van der Waals surface area contributed by atoms with Gasteiger partial charge in [0.25, 0.3) is 5.91 Å². The molecule has 0 spiro atoms. The molecule has 0 bridgehead atoms. The zero-order valence-corrected chi connectivity index (χ0v) is 11.7. The van der Waals surface area contributed by atoms with E-state index in [2.05, 4.69) is 11.8 Å². The quantitative estimate of drug-likeness (QED) is 0.817. The molecule has 1 aromatic carbocycles. The number of benzene rings is 1. The average Bonchev–Trinajstić information content (AvgIpc) is 2.97. The van der Waals surface area contributed by atoms with E-state index in [1.54, 1.807) is 4.90 Å². The zero-order chi connectivity index (χ0) is 15.2. The number of hydrogen-bond donors (Lipinski definition) is 2. The molecule has 1 heterocycles. The molecular weight excluding hydrogens is 273 g/mol. The van der Waals surface area contributed by atoms with Gasteiger partial charge in [-0.3, -0.25) is 4.79 Å². The summed E-state index contributed by atoms with van der Waals surface area (Å²) >= 11 is 0. The second-order valence-electron chi connectivity index (χ2n) is 5.05. The van der Waals surface area contributed by atoms with Crippen molar-refractivity contribution in [3.8, 4) is 11.8 Å². The van der Waals surface area contributed by atoms with Gasteiger partial charge in [0.05, 0.1) is 12.2 Å². The normalized spacial score (nSPS) is 17.5. The Morgan fingerprint density at radius 1 is 1.43 bits per heavy atom. The smallest absolute Gasteiger partial charge is 0.255 e. The molecule has 5 heteroatoms. The molecule has 1 saturated heterocycles. The summed E-state index contributed by atoms with van der Waals surface area (Å²) in [6.07, 6.45) is 1.06. The lowest BCUT2D eigenvalue weighted by atomic mass is 10.1. The molecule has 0 aliphatic carbocycles. The van der Waals surface area contributed by atoms with Gasteiger partial charge in [0.1, 0.15) is 5.82 Å². The van der Waals surface area contributed by atoms with Crippen LogP contribution in [0.3, 0.4) is 0 Å². The van der Waals surface area contributed by atoms with Crippen molar-refractivity contribution in [2.75, 3.05) is 26.3 Å². The largest absolute Gasteiger partial charge is 0.396 e. The summed E-state index contributed by atoms with van der Waals surface area (Å²) in [4.78, 5) is 14.1. The molecule has 1 unspecified atom stereocenters. The highest BCUT2D eigenvalue weighted by Crippen LogP contribution is 2.20. The highest BCUT2D eigenvalue weighted by atomic mass is 19.1. The first kappa shape index (κ1) is 15.5. The molecule has 0 aromatic heterocycles. The van der Waals surface area contributed by atoms with Crippen molar-refractivity contribution in [1.82, 2.24) is 4.90 Å². The van der Waals surface area contributed by atoms with Gasteiger partial charge in [0.15, 0.2) is 0 Å². The Bertz CT molecular complexity index is 577. The molecule has 2 rings (SSSR count). The predicted molar refractivity (Wildman–Crippen MR) is 76.1 cm³/mol. The van der Waals surface area contributed by atoms with E-state index in [4.69, 9.17) is 10.2 Å². The summed E-state index contributed by atoms with van der Waals surface area (Å²) in [5.41, 5.74) is 0.696. The molecule has 2 N–H and O–H groups in total. The number of carbonyl (C=O) groups is 1. The third-order valence-corrected chi connectivity index (χ3v) is 3.50. The molecule has 1 aliphatic rings. The van der Waals surface area contributed by atoms with Gasteiger partial charge in [0, 0.05) is 37.6 Å². The van der Waals surface area contributed by atoms with Crippen LogP contribution in [0.4, 0.5) is 4.39 Å². The minimum absolute atomic E-state index is 0.0517. The summed E-state index contributed by atoms with van der Waals surface area (Å²) in [6.45, 7) is 1.04. The van der Waals surface area contributed by atoms with Gasteiger partial charge in [-0.05, 0) is 24.6 Å². The van der Waals surface area contributed by atoms with E-state index in [-0.39, 0.29) is 30.6 Å². The molecule has 1 aromatic rings. The Morgan fingerprint density at radius 2 is 2.24 bits per heavy atom. The molecule has 4 nitrogen and oxygen atoms in total. The van der Waals surface area contributed by atoms with Crippen molar-refractivity contribution in [2.45, 2.75) is 12.8 Å². The zero-order valence-electron chi connectivity index (χ0n) is 11.7. The second kappa shape index (κ2) is 7.21. The fraction of sp³-hybridized carbons (Fsp3) is 0.438. The van der Waals surface area contributed by atoms with Crippen LogP contribution in [0.15, 0.2) is 18.2 Å². The van der Waals surface area contributed by atoms with Crippen molar-refractivity contribution in [1.29, 1.82) is 0 Å².